The Labute approximate surface area is 121 Å². The summed E-state index contributed by atoms with van der Waals surface area (Å²) >= 11 is 1.60. The predicted octanol–water partition coefficient (Wildman–Crippen LogP) is 2.14. The summed E-state index contributed by atoms with van der Waals surface area (Å²) in [5, 5.41) is 14.3. The molecule has 1 aliphatic heterocycles. The molecular weight excluding hydrogens is 276 g/mol. The van der Waals surface area contributed by atoms with Gasteiger partial charge in [0.2, 0.25) is 0 Å². The maximum atomic E-state index is 12.2. The smallest absolute Gasteiger partial charge is 0.317 e. The molecule has 3 rings (SSSR count). The molecule has 1 saturated carbocycles. The number of thiophene rings is 1. The molecule has 0 unspecified atom stereocenters. The lowest BCUT2D eigenvalue weighted by Gasteiger charge is -2.23. The van der Waals surface area contributed by atoms with E-state index in [1.54, 1.807) is 16.2 Å². The highest BCUT2D eigenvalue weighted by Crippen LogP contribution is 2.48. The highest BCUT2D eigenvalue weighted by Gasteiger charge is 2.55. The Morgan fingerprint density at radius 2 is 2.40 bits per heavy atom. The minimum atomic E-state index is -0.742. The van der Waals surface area contributed by atoms with E-state index in [0.29, 0.717) is 26.1 Å². The first-order chi connectivity index (χ1) is 9.62. The van der Waals surface area contributed by atoms with Crippen LogP contribution in [-0.2, 0) is 11.3 Å². The largest absolute Gasteiger partial charge is 0.481 e. The molecular formula is C14H18N2O3S. The van der Waals surface area contributed by atoms with Crippen LogP contribution in [0.2, 0.25) is 0 Å². The first-order valence-corrected chi connectivity index (χ1v) is 7.78. The normalized spacial score (nSPS) is 28.4. The molecule has 1 saturated heterocycles. The van der Waals surface area contributed by atoms with Gasteiger partial charge in [-0.05, 0) is 30.2 Å². The molecule has 2 heterocycles. The summed E-state index contributed by atoms with van der Waals surface area (Å²) in [6.45, 7) is 1.43. The minimum absolute atomic E-state index is 0.118. The highest BCUT2D eigenvalue weighted by molar-refractivity contribution is 7.09. The number of hydrogen-bond donors (Lipinski definition) is 2. The van der Waals surface area contributed by atoms with Crippen LogP contribution < -0.4 is 5.32 Å². The molecule has 108 valence electrons. The number of likely N-dealkylation sites (tertiary alicyclic amines) is 1. The zero-order valence-electron chi connectivity index (χ0n) is 11.2. The molecule has 0 aromatic carbocycles. The first-order valence-electron chi connectivity index (χ1n) is 6.90. The maximum absolute atomic E-state index is 12.2. The Balaban J connectivity index is 1.62. The van der Waals surface area contributed by atoms with Gasteiger partial charge in [0.05, 0.1) is 12.0 Å². The van der Waals surface area contributed by atoms with Crippen LogP contribution in [0.15, 0.2) is 17.5 Å². The van der Waals surface area contributed by atoms with Crippen LogP contribution in [0.3, 0.4) is 0 Å². The van der Waals surface area contributed by atoms with Gasteiger partial charge in [-0.2, -0.15) is 0 Å². The first kappa shape index (κ1) is 13.4. The number of carboxylic acid groups (broad SMARTS) is 1. The van der Waals surface area contributed by atoms with Crippen molar-refractivity contribution in [1.82, 2.24) is 10.2 Å². The molecule has 0 bridgehead atoms. The number of nitrogens with one attached hydrogen (secondary N) is 1. The van der Waals surface area contributed by atoms with E-state index in [1.165, 1.54) is 0 Å². The van der Waals surface area contributed by atoms with Crippen LogP contribution in [0.4, 0.5) is 4.79 Å². The van der Waals surface area contributed by atoms with Gasteiger partial charge in [-0.25, -0.2) is 4.79 Å². The number of fused-ring (bicyclic) bond motifs is 1. The average molecular weight is 294 g/mol. The Hall–Kier alpha value is -1.56. The van der Waals surface area contributed by atoms with Crippen molar-refractivity contribution in [1.29, 1.82) is 0 Å². The van der Waals surface area contributed by atoms with Gasteiger partial charge in [-0.1, -0.05) is 12.5 Å². The number of aliphatic carboxylic acids is 1. The Kier molecular flexibility index (Phi) is 3.41. The van der Waals surface area contributed by atoms with Crippen LogP contribution in [0, 0.1) is 11.3 Å². The highest BCUT2D eigenvalue weighted by atomic mass is 32.1. The molecule has 2 aliphatic rings. The molecule has 2 amide bonds. The van der Waals surface area contributed by atoms with Crippen molar-refractivity contribution in [3.8, 4) is 0 Å². The van der Waals surface area contributed by atoms with E-state index < -0.39 is 11.4 Å². The van der Waals surface area contributed by atoms with E-state index in [9.17, 15) is 14.7 Å². The van der Waals surface area contributed by atoms with Gasteiger partial charge in [0.15, 0.2) is 0 Å². The standard InChI is InChI=1S/C14H18N2O3S/c17-12(18)14-5-1-3-10(14)8-16(9-14)13(19)15-7-11-4-2-6-20-11/h2,4,6,10H,1,3,5,7-9H2,(H,15,19)(H,17,18)/t10-,14+/m0/s1. The lowest BCUT2D eigenvalue weighted by atomic mass is 9.81. The van der Waals surface area contributed by atoms with Gasteiger partial charge < -0.3 is 15.3 Å². The Bertz CT molecular complexity index is 516. The summed E-state index contributed by atoms with van der Waals surface area (Å²) in [6, 6.07) is 3.78. The quantitative estimate of drug-likeness (QED) is 0.897. The summed E-state index contributed by atoms with van der Waals surface area (Å²) in [6.07, 6.45) is 2.57. The number of nitrogens with zero attached hydrogens (tertiary/aromatic N) is 1. The summed E-state index contributed by atoms with van der Waals surface area (Å²) in [7, 11) is 0. The SMILES string of the molecule is O=C(NCc1cccs1)N1C[C@@H]2CCC[C@@]2(C(=O)O)C1. The summed E-state index contributed by atoms with van der Waals surface area (Å²) < 4.78 is 0. The Morgan fingerprint density at radius 3 is 3.05 bits per heavy atom. The lowest BCUT2D eigenvalue weighted by Crippen LogP contribution is -2.41. The Morgan fingerprint density at radius 1 is 1.55 bits per heavy atom. The molecule has 1 aromatic rings. The van der Waals surface area contributed by atoms with Crippen molar-refractivity contribution < 1.29 is 14.7 Å². The molecule has 2 atom stereocenters. The molecule has 6 heteroatoms. The van der Waals surface area contributed by atoms with Gasteiger partial charge in [0, 0.05) is 18.0 Å². The van der Waals surface area contributed by atoms with Crippen LogP contribution in [0.25, 0.3) is 0 Å². The lowest BCUT2D eigenvalue weighted by molar-refractivity contribution is -0.149. The second-order valence-corrected chi connectivity index (χ2v) is 6.70. The van der Waals surface area contributed by atoms with Gasteiger partial charge in [0.25, 0.3) is 0 Å². The zero-order chi connectivity index (χ0) is 14.2. The van der Waals surface area contributed by atoms with Gasteiger partial charge in [0.1, 0.15) is 0 Å². The van der Waals surface area contributed by atoms with Crippen molar-refractivity contribution in [3.63, 3.8) is 0 Å². The average Bonchev–Trinajstić information content (AvgIpc) is 3.10. The van der Waals surface area contributed by atoms with Crippen molar-refractivity contribution >= 4 is 23.3 Å². The van der Waals surface area contributed by atoms with E-state index in [0.717, 1.165) is 17.7 Å². The number of amides is 2. The van der Waals surface area contributed by atoms with E-state index in [2.05, 4.69) is 5.32 Å². The fourth-order valence-electron chi connectivity index (χ4n) is 3.48. The molecule has 0 radical (unpaired) electrons. The van der Waals surface area contributed by atoms with Gasteiger partial charge in [-0.15, -0.1) is 11.3 Å². The number of carbonyl (C=O) groups is 2. The van der Waals surface area contributed by atoms with Gasteiger partial charge >= 0.3 is 12.0 Å². The molecule has 0 spiro atoms. The fourth-order valence-corrected chi connectivity index (χ4v) is 4.13. The van der Waals surface area contributed by atoms with E-state index in [4.69, 9.17) is 0 Å². The summed E-state index contributed by atoms with van der Waals surface area (Å²) in [4.78, 5) is 26.5. The van der Waals surface area contributed by atoms with Crippen molar-refractivity contribution in [2.75, 3.05) is 13.1 Å². The van der Waals surface area contributed by atoms with Crippen LogP contribution >= 0.6 is 11.3 Å². The number of rotatable bonds is 3. The maximum Gasteiger partial charge on any atom is 0.317 e. The van der Waals surface area contributed by atoms with Crippen LogP contribution in [-0.4, -0.2) is 35.1 Å². The zero-order valence-corrected chi connectivity index (χ0v) is 12.0. The van der Waals surface area contributed by atoms with Gasteiger partial charge in [-0.3, -0.25) is 4.79 Å². The van der Waals surface area contributed by atoms with E-state index in [-0.39, 0.29) is 11.9 Å². The topological polar surface area (TPSA) is 69.6 Å². The van der Waals surface area contributed by atoms with E-state index >= 15 is 0 Å². The molecule has 1 aliphatic carbocycles. The molecule has 1 aromatic heterocycles. The second-order valence-electron chi connectivity index (χ2n) is 5.67. The second kappa shape index (κ2) is 5.09. The molecule has 5 nitrogen and oxygen atoms in total. The monoisotopic (exact) mass is 294 g/mol. The fraction of sp³-hybridized carbons (Fsp3) is 0.571. The number of urea groups is 1. The number of hydrogen-bond acceptors (Lipinski definition) is 3. The summed E-state index contributed by atoms with van der Waals surface area (Å²) in [5.74, 6) is -0.624. The third-order valence-electron chi connectivity index (χ3n) is 4.58. The van der Waals surface area contributed by atoms with Crippen LogP contribution in [0.5, 0.6) is 0 Å². The predicted molar refractivity (Wildman–Crippen MR) is 75.5 cm³/mol. The number of carbonyl (C=O) groups excluding carboxylic acids is 1. The van der Waals surface area contributed by atoms with Crippen molar-refractivity contribution in [2.45, 2.75) is 25.8 Å². The third-order valence-corrected chi connectivity index (χ3v) is 5.45. The number of carboxylic acids is 1. The minimum Gasteiger partial charge on any atom is -0.481 e. The third kappa shape index (κ3) is 2.18. The van der Waals surface area contributed by atoms with E-state index in [1.807, 2.05) is 17.5 Å². The van der Waals surface area contributed by atoms with Crippen molar-refractivity contribution in [2.24, 2.45) is 11.3 Å². The summed E-state index contributed by atoms with van der Waals surface area (Å²) in [5.41, 5.74) is -0.694. The van der Waals surface area contributed by atoms with Crippen LogP contribution in [0.1, 0.15) is 24.1 Å². The van der Waals surface area contributed by atoms with Crippen molar-refractivity contribution in [3.05, 3.63) is 22.4 Å². The molecule has 2 N–H and O–H groups in total. The molecule has 20 heavy (non-hydrogen) atoms. The molecule has 2 fully saturated rings.